The quantitative estimate of drug-likeness (QED) is 0.370. The van der Waals surface area contributed by atoms with Crippen LogP contribution in [0.15, 0.2) is 54.3 Å². The maximum Gasteiger partial charge on any atom is 0.338 e. The Kier molecular flexibility index (Phi) is 4.97. The van der Waals surface area contributed by atoms with Crippen LogP contribution in [0.2, 0.25) is 0 Å². The number of fused-ring (bicyclic) bond motifs is 1. The van der Waals surface area contributed by atoms with Gasteiger partial charge in [-0.15, -0.1) is 0 Å². The second kappa shape index (κ2) is 7.51. The molecule has 0 atom stereocenters. The van der Waals surface area contributed by atoms with Crippen LogP contribution in [0.3, 0.4) is 0 Å². The van der Waals surface area contributed by atoms with E-state index in [9.17, 15) is 15.2 Å². The first-order valence-corrected chi connectivity index (χ1v) is 7.76. The number of rotatable bonds is 5. The van der Waals surface area contributed by atoms with Gasteiger partial charge in [0, 0.05) is 0 Å². The van der Waals surface area contributed by atoms with Gasteiger partial charge >= 0.3 is 5.97 Å². The second-order valence-electron chi connectivity index (χ2n) is 5.47. The number of aliphatic hydroxyl groups is 2. The van der Waals surface area contributed by atoms with Gasteiger partial charge in [-0.1, -0.05) is 24.3 Å². The van der Waals surface area contributed by atoms with Crippen LogP contribution in [0.25, 0.3) is 16.6 Å². The first-order chi connectivity index (χ1) is 12.6. The number of hydrogen-bond acceptors (Lipinski definition) is 6. The van der Waals surface area contributed by atoms with Crippen LogP contribution in [0, 0.1) is 11.3 Å². The molecule has 0 aliphatic heterocycles. The highest BCUT2D eigenvalue weighted by molar-refractivity contribution is 5.89. The number of aliphatic hydroxyl groups excluding tert-OH is 2. The standard InChI is InChI=1S/C19H15N3O4/c20-9-14(18-21-15-3-1-2-4-16(15)22-18)17(24)11-26-19(25)13-7-5-12(10-23)6-8-13/h1-8,23-24H,10-11H2,(H,21,22). The van der Waals surface area contributed by atoms with Gasteiger partial charge in [-0.3, -0.25) is 0 Å². The average molecular weight is 349 g/mol. The summed E-state index contributed by atoms with van der Waals surface area (Å²) in [6.07, 6.45) is 0. The van der Waals surface area contributed by atoms with E-state index in [1.165, 1.54) is 12.1 Å². The van der Waals surface area contributed by atoms with Gasteiger partial charge in [-0.2, -0.15) is 5.26 Å². The number of carbonyl (C=O) groups excluding carboxylic acids is 1. The molecule has 0 aliphatic carbocycles. The number of nitriles is 1. The normalized spacial score (nSPS) is 11.7. The van der Waals surface area contributed by atoms with Crippen molar-refractivity contribution in [1.82, 2.24) is 9.97 Å². The molecule has 0 spiro atoms. The molecule has 3 rings (SSSR count). The van der Waals surface area contributed by atoms with E-state index in [0.29, 0.717) is 11.1 Å². The monoisotopic (exact) mass is 349 g/mol. The van der Waals surface area contributed by atoms with Gasteiger partial charge in [-0.05, 0) is 29.8 Å². The molecule has 3 N–H and O–H groups in total. The second-order valence-corrected chi connectivity index (χ2v) is 5.47. The number of ether oxygens (including phenoxy) is 1. The van der Waals surface area contributed by atoms with Crippen LogP contribution in [-0.4, -0.2) is 32.8 Å². The van der Waals surface area contributed by atoms with E-state index in [1.807, 2.05) is 18.2 Å². The zero-order valence-corrected chi connectivity index (χ0v) is 13.6. The Balaban J connectivity index is 1.76. The lowest BCUT2D eigenvalue weighted by molar-refractivity contribution is 0.0502. The molecule has 0 saturated heterocycles. The fourth-order valence-corrected chi connectivity index (χ4v) is 2.36. The van der Waals surface area contributed by atoms with Crippen molar-refractivity contribution in [3.63, 3.8) is 0 Å². The predicted octanol–water partition coefficient (Wildman–Crippen LogP) is 2.70. The minimum Gasteiger partial charge on any atom is -0.507 e. The molecule has 0 saturated carbocycles. The smallest absolute Gasteiger partial charge is 0.338 e. The summed E-state index contributed by atoms with van der Waals surface area (Å²) >= 11 is 0. The molecule has 26 heavy (non-hydrogen) atoms. The molecule has 2 aromatic carbocycles. The number of H-pyrrole nitrogens is 1. The van der Waals surface area contributed by atoms with Gasteiger partial charge in [-0.25, -0.2) is 9.78 Å². The van der Waals surface area contributed by atoms with Crippen molar-refractivity contribution < 1.29 is 19.7 Å². The summed E-state index contributed by atoms with van der Waals surface area (Å²) in [6, 6.07) is 15.3. The molecular weight excluding hydrogens is 334 g/mol. The van der Waals surface area contributed by atoms with Crippen LogP contribution < -0.4 is 0 Å². The zero-order valence-electron chi connectivity index (χ0n) is 13.6. The Hall–Kier alpha value is -3.63. The van der Waals surface area contributed by atoms with E-state index in [2.05, 4.69) is 9.97 Å². The molecule has 130 valence electrons. The van der Waals surface area contributed by atoms with Gasteiger partial charge in [0.15, 0.2) is 11.6 Å². The lowest BCUT2D eigenvalue weighted by atomic mass is 10.1. The van der Waals surface area contributed by atoms with Gasteiger partial charge in [0.25, 0.3) is 0 Å². The molecule has 0 amide bonds. The number of carbonyl (C=O) groups is 1. The van der Waals surface area contributed by atoms with E-state index in [0.717, 1.165) is 5.52 Å². The number of esters is 1. The Bertz CT molecular complexity index is 980. The molecule has 3 aromatic rings. The molecule has 0 fully saturated rings. The molecule has 1 aromatic heterocycles. The maximum absolute atomic E-state index is 12.0. The van der Waals surface area contributed by atoms with E-state index in [4.69, 9.17) is 9.84 Å². The summed E-state index contributed by atoms with van der Waals surface area (Å²) in [5, 5.41) is 28.5. The van der Waals surface area contributed by atoms with Crippen molar-refractivity contribution in [2.24, 2.45) is 0 Å². The summed E-state index contributed by atoms with van der Waals surface area (Å²) in [7, 11) is 0. The summed E-state index contributed by atoms with van der Waals surface area (Å²) in [4.78, 5) is 19.2. The Labute approximate surface area is 148 Å². The van der Waals surface area contributed by atoms with Gasteiger partial charge < -0.3 is 19.9 Å². The van der Waals surface area contributed by atoms with Crippen LogP contribution in [0.1, 0.15) is 21.7 Å². The molecule has 0 bridgehead atoms. The Morgan fingerprint density at radius 2 is 1.92 bits per heavy atom. The summed E-state index contributed by atoms with van der Waals surface area (Å²) in [6.45, 7) is -0.581. The Morgan fingerprint density at radius 3 is 2.58 bits per heavy atom. The lowest BCUT2D eigenvalue weighted by Crippen LogP contribution is -2.09. The first kappa shape index (κ1) is 17.2. The fraction of sp³-hybridized carbons (Fsp3) is 0.105. The van der Waals surface area contributed by atoms with E-state index >= 15 is 0 Å². The van der Waals surface area contributed by atoms with Crippen LogP contribution in [-0.2, 0) is 11.3 Å². The van der Waals surface area contributed by atoms with Crippen molar-refractivity contribution >= 4 is 22.6 Å². The highest BCUT2D eigenvalue weighted by Crippen LogP contribution is 2.19. The minimum absolute atomic E-state index is 0.0929. The SMILES string of the molecule is N#CC(=C(O)COC(=O)c1ccc(CO)cc1)c1nc2ccccc2[nH]1. The molecule has 0 aliphatic rings. The number of benzene rings is 2. The predicted molar refractivity (Wildman–Crippen MR) is 93.9 cm³/mol. The first-order valence-electron chi connectivity index (χ1n) is 7.76. The zero-order chi connectivity index (χ0) is 18.5. The third-order valence-corrected chi connectivity index (χ3v) is 3.74. The molecular formula is C19H15N3O4. The van der Waals surface area contributed by atoms with Crippen molar-refractivity contribution in [1.29, 1.82) is 5.26 Å². The van der Waals surface area contributed by atoms with Gasteiger partial charge in [0.1, 0.15) is 18.2 Å². The molecule has 7 heteroatoms. The minimum atomic E-state index is -0.650. The third kappa shape index (κ3) is 3.55. The van der Waals surface area contributed by atoms with Crippen molar-refractivity contribution in [2.75, 3.05) is 6.61 Å². The number of aromatic amines is 1. The molecule has 7 nitrogen and oxygen atoms in total. The number of nitrogens with one attached hydrogen (secondary N) is 1. The van der Waals surface area contributed by atoms with E-state index in [-0.39, 0.29) is 23.6 Å². The summed E-state index contributed by atoms with van der Waals surface area (Å²) in [5.74, 6) is -0.843. The van der Waals surface area contributed by atoms with Crippen molar-refractivity contribution in [3.05, 3.63) is 71.2 Å². The topological polar surface area (TPSA) is 119 Å². The largest absolute Gasteiger partial charge is 0.507 e. The highest BCUT2D eigenvalue weighted by atomic mass is 16.5. The number of imidazole rings is 1. The maximum atomic E-state index is 12.0. The van der Waals surface area contributed by atoms with Gasteiger partial charge in [0.05, 0.1) is 23.2 Å². The Morgan fingerprint density at radius 1 is 1.19 bits per heavy atom. The van der Waals surface area contributed by atoms with Crippen molar-refractivity contribution in [2.45, 2.75) is 6.61 Å². The molecule has 0 radical (unpaired) electrons. The van der Waals surface area contributed by atoms with Crippen LogP contribution >= 0.6 is 0 Å². The van der Waals surface area contributed by atoms with E-state index < -0.39 is 18.3 Å². The van der Waals surface area contributed by atoms with Gasteiger partial charge in [0.2, 0.25) is 0 Å². The molecule has 1 heterocycles. The highest BCUT2D eigenvalue weighted by Gasteiger charge is 2.15. The number of hydrogen-bond donors (Lipinski definition) is 3. The lowest BCUT2D eigenvalue weighted by Gasteiger charge is -2.06. The number of aromatic nitrogens is 2. The average Bonchev–Trinajstić information content (AvgIpc) is 3.10. The number of para-hydroxylation sites is 2. The number of allylic oxidation sites excluding steroid dienone is 1. The van der Waals surface area contributed by atoms with Crippen LogP contribution in [0.5, 0.6) is 0 Å². The third-order valence-electron chi connectivity index (χ3n) is 3.74. The summed E-state index contributed by atoms with van der Waals surface area (Å²) < 4.78 is 5.04. The fourth-order valence-electron chi connectivity index (χ4n) is 2.36. The van der Waals surface area contributed by atoms with E-state index in [1.54, 1.807) is 24.3 Å². The van der Waals surface area contributed by atoms with Crippen LogP contribution in [0.4, 0.5) is 0 Å². The number of nitrogens with zero attached hydrogens (tertiary/aromatic N) is 2. The molecule has 0 unspecified atom stereocenters. The summed E-state index contributed by atoms with van der Waals surface area (Å²) in [5.41, 5.74) is 2.23. The van der Waals surface area contributed by atoms with Crippen molar-refractivity contribution in [3.8, 4) is 6.07 Å².